The SMILES string of the molecule is Cc1ccc(C)c(COC(=O)c2ccc3c(c2)OCC(=O)N3)c1. The summed E-state index contributed by atoms with van der Waals surface area (Å²) in [4.78, 5) is 23.4. The fourth-order valence-electron chi connectivity index (χ4n) is 2.38. The highest BCUT2D eigenvalue weighted by Crippen LogP contribution is 2.28. The Morgan fingerprint density at radius 2 is 2.04 bits per heavy atom. The Morgan fingerprint density at radius 1 is 1.22 bits per heavy atom. The fraction of sp³-hybridized carbons (Fsp3) is 0.222. The van der Waals surface area contributed by atoms with Crippen LogP contribution in [0, 0.1) is 13.8 Å². The fourth-order valence-corrected chi connectivity index (χ4v) is 2.38. The van der Waals surface area contributed by atoms with E-state index in [1.165, 1.54) is 0 Å². The van der Waals surface area contributed by atoms with Gasteiger partial charge in [-0.1, -0.05) is 23.8 Å². The summed E-state index contributed by atoms with van der Waals surface area (Å²) < 4.78 is 10.7. The Kier molecular flexibility index (Phi) is 4.02. The second kappa shape index (κ2) is 6.12. The van der Waals surface area contributed by atoms with Gasteiger partial charge in [0.2, 0.25) is 0 Å². The molecule has 0 unspecified atom stereocenters. The highest BCUT2D eigenvalue weighted by Gasteiger charge is 2.18. The number of esters is 1. The van der Waals surface area contributed by atoms with Crippen molar-refractivity contribution < 1.29 is 19.1 Å². The summed E-state index contributed by atoms with van der Waals surface area (Å²) in [6.45, 7) is 4.16. The number of fused-ring (bicyclic) bond motifs is 1. The van der Waals surface area contributed by atoms with Crippen molar-refractivity contribution in [2.24, 2.45) is 0 Å². The maximum Gasteiger partial charge on any atom is 0.338 e. The molecule has 0 saturated heterocycles. The van der Waals surface area contributed by atoms with Crippen LogP contribution in [-0.4, -0.2) is 18.5 Å². The molecule has 0 aromatic heterocycles. The number of carbonyl (C=O) groups is 2. The van der Waals surface area contributed by atoms with Crippen LogP contribution in [0.5, 0.6) is 5.75 Å². The second-order valence-corrected chi connectivity index (χ2v) is 5.55. The summed E-state index contributed by atoms with van der Waals surface area (Å²) in [5.74, 6) is -0.150. The summed E-state index contributed by atoms with van der Waals surface area (Å²) in [5.41, 5.74) is 4.15. The quantitative estimate of drug-likeness (QED) is 0.885. The number of amides is 1. The molecule has 1 aliphatic heterocycles. The van der Waals surface area contributed by atoms with Crippen molar-refractivity contribution >= 4 is 17.6 Å². The minimum Gasteiger partial charge on any atom is -0.482 e. The first-order chi connectivity index (χ1) is 11.0. The summed E-state index contributed by atoms with van der Waals surface area (Å²) in [6, 6.07) is 10.9. The Morgan fingerprint density at radius 3 is 2.87 bits per heavy atom. The average molecular weight is 311 g/mol. The first kappa shape index (κ1) is 15.1. The van der Waals surface area contributed by atoms with Crippen LogP contribution in [0.4, 0.5) is 5.69 Å². The van der Waals surface area contributed by atoms with E-state index in [0.717, 1.165) is 16.7 Å². The molecule has 0 spiro atoms. The third-order valence-corrected chi connectivity index (χ3v) is 3.71. The summed E-state index contributed by atoms with van der Waals surface area (Å²) in [6.07, 6.45) is 0. The van der Waals surface area contributed by atoms with Crippen molar-refractivity contribution in [2.45, 2.75) is 20.5 Å². The zero-order valence-electron chi connectivity index (χ0n) is 13.0. The van der Waals surface area contributed by atoms with Crippen LogP contribution in [0.15, 0.2) is 36.4 Å². The Labute approximate surface area is 134 Å². The van der Waals surface area contributed by atoms with Crippen molar-refractivity contribution in [3.05, 3.63) is 58.7 Å². The molecule has 2 aromatic carbocycles. The van der Waals surface area contributed by atoms with Crippen molar-refractivity contribution in [2.75, 3.05) is 11.9 Å². The van der Waals surface area contributed by atoms with E-state index in [1.54, 1.807) is 18.2 Å². The van der Waals surface area contributed by atoms with Gasteiger partial charge >= 0.3 is 5.97 Å². The van der Waals surface area contributed by atoms with Gasteiger partial charge in [-0.25, -0.2) is 4.79 Å². The molecule has 0 aliphatic carbocycles. The third kappa shape index (κ3) is 3.34. The smallest absolute Gasteiger partial charge is 0.338 e. The van der Waals surface area contributed by atoms with E-state index in [-0.39, 0.29) is 19.1 Å². The summed E-state index contributed by atoms with van der Waals surface area (Å²) in [5, 5.41) is 2.68. The van der Waals surface area contributed by atoms with Gasteiger partial charge in [0, 0.05) is 0 Å². The van der Waals surface area contributed by atoms with Crippen molar-refractivity contribution in [3.63, 3.8) is 0 Å². The lowest BCUT2D eigenvalue weighted by molar-refractivity contribution is -0.118. The monoisotopic (exact) mass is 311 g/mol. The highest BCUT2D eigenvalue weighted by molar-refractivity contribution is 5.97. The Bertz CT molecular complexity index is 783. The van der Waals surface area contributed by atoms with Crippen LogP contribution in [0.3, 0.4) is 0 Å². The number of ether oxygens (including phenoxy) is 2. The number of anilines is 1. The summed E-state index contributed by atoms with van der Waals surface area (Å²) in [7, 11) is 0. The molecule has 0 bridgehead atoms. The molecule has 1 aliphatic rings. The van der Waals surface area contributed by atoms with Gasteiger partial charge in [-0.05, 0) is 43.2 Å². The first-order valence-electron chi connectivity index (χ1n) is 7.33. The molecule has 1 heterocycles. The molecule has 23 heavy (non-hydrogen) atoms. The van der Waals surface area contributed by atoms with E-state index >= 15 is 0 Å². The van der Waals surface area contributed by atoms with Crippen molar-refractivity contribution in [3.8, 4) is 5.75 Å². The van der Waals surface area contributed by atoms with Crippen LogP contribution in [0.2, 0.25) is 0 Å². The minimum atomic E-state index is -0.422. The van der Waals surface area contributed by atoms with E-state index in [2.05, 4.69) is 5.32 Å². The first-order valence-corrected chi connectivity index (χ1v) is 7.33. The molecule has 2 aromatic rings. The van der Waals surface area contributed by atoms with Crippen LogP contribution >= 0.6 is 0 Å². The number of aryl methyl sites for hydroxylation is 2. The number of hydrogen-bond donors (Lipinski definition) is 1. The van der Waals surface area contributed by atoms with Crippen LogP contribution < -0.4 is 10.1 Å². The summed E-state index contributed by atoms with van der Waals surface area (Å²) >= 11 is 0. The van der Waals surface area contributed by atoms with Gasteiger partial charge < -0.3 is 14.8 Å². The third-order valence-electron chi connectivity index (χ3n) is 3.71. The number of carbonyl (C=O) groups excluding carboxylic acids is 2. The minimum absolute atomic E-state index is 0.0476. The lowest BCUT2D eigenvalue weighted by Gasteiger charge is -2.18. The van der Waals surface area contributed by atoms with Gasteiger partial charge in [-0.15, -0.1) is 0 Å². The Balaban J connectivity index is 1.71. The maximum atomic E-state index is 12.2. The normalized spacial score (nSPS) is 12.9. The molecule has 0 fully saturated rings. The van der Waals surface area contributed by atoms with Crippen molar-refractivity contribution in [1.82, 2.24) is 0 Å². The van der Waals surface area contributed by atoms with Gasteiger partial charge in [0.15, 0.2) is 6.61 Å². The molecule has 0 saturated carbocycles. The van der Waals surface area contributed by atoms with Crippen LogP contribution in [-0.2, 0) is 16.1 Å². The van der Waals surface area contributed by atoms with Crippen LogP contribution in [0.1, 0.15) is 27.0 Å². The van der Waals surface area contributed by atoms with Gasteiger partial charge in [-0.2, -0.15) is 0 Å². The number of rotatable bonds is 3. The standard InChI is InChI=1S/C18H17NO4/c1-11-3-4-12(2)14(7-11)9-23-18(21)13-5-6-15-16(8-13)22-10-17(20)19-15/h3-8H,9-10H2,1-2H3,(H,19,20). The highest BCUT2D eigenvalue weighted by atomic mass is 16.5. The molecule has 1 amide bonds. The molecule has 5 nitrogen and oxygen atoms in total. The molecule has 118 valence electrons. The van der Waals surface area contributed by atoms with E-state index in [4.69, 9.17) is 9.47 Å². The van der Waals surface area contributed by atoms with Gasteiger partial charge in [0.25, 0.3) is 5.91 Å². The lowest BCUT2D eigenvalue weighted by Crippen LogP contribution is -2.25. The predicted octanol–water partition coefficient (Wildman–Crippen LogP) is 2.99. The van der Waals surface area contributed by atoms with Crippen molar-refractivity contribution in [1.29, 1.82) is 0 Å². The molecule has 5 heteroatoms. The van der Waals surface area contributed by atoms with E-state index in [0.29, 0.717) is 17.0 Å². The van der Waals surface area contributed by atoms with Gasteiger partial charge in [0.05, 0.1) is 11.3 Å². The molecule has 0 atom stereocenters. The second-order valence-electron chi connectivity index (χ2n) is 5.55. The Hall–Kier alpha value is -2.82. The van der Waals surface area contributed by atoms with E-state index in [1.807, 2.05) is 32.0 Å². The lowest BCUT2D eigenvalue weighted by atomic mass is 10.1. The van der Waals surface area contributed by atoms with E-state index < -0.39 is 5.97 Å². The number of nitrogens with one attached hydrogen (secondary N) is 1. The largest absolute Gasteiger partial charge is 0.482 e. The average Bonchev–Trinajstić information content (AvgIpc) is 2.55. The number of hydrogen-bond acceptors (Lipinski definition) is 4. The molecule has 3 rings (SSSR count). The zero-order valence-corrected chi connectivity index (χ0v) is 13.0. The number of benzene rings is 2. The van der Waals surface area contributed by atoms with Crippen LogP contribution in [0.25, 0.3) is 0 Å². The maximum absolute atomic E-state index is 12.2. The van der Waals surface area contributed by atoms with Gasteiger partial charge in [-0.3, -0.25) is 4.79 Å². The van der Waals surface area contributed by atoms with E-state index in [9.17, 15) is 9.59 Å². The molecular weight excluding hydrogens is 294 g/mol. The molecule has 1 N–H and O–H groups in total. The molecule has 0 radical (unpaired) electrons. The molecular formula is C18H17NO4. The van der Waals surface area contributed by atoms with Gasteiger partial charge in [0.1, 0.15) is 12.4 Å². The zero-order chi connectivity index (χ0) is 16.4. The predicted molar refractivity (Wildman–Crippen MR) is 85.6 cm³/mol. The topological polar surface area (TPSA) is 64.6 Å².